The van der Waals surface area contributed by atoms with Gasteiger partial charge in [-0.2, -0.15) is 22.1 Å². The van der Waals surface area contributed by atoms with E-state index in [1.165, 1.54) is 10.7 Å². The van der Waals surface area contributed by atoms with Crippen LogP contribution in [-0.2, 0) is 16.8 Å². The maximum atomic E-state index is 12.9. The molecule has 2 aliphatic heterocycles. The summed E-state index contributed by atoms with van der Waals surface area (Å²) in [5.41, 5.74) is 1.24. The molecular formula is C18H23N5O3S. The largest absolute Gasteiger partial charge is 0.282 e. The Morgan fingerprint density at radius 3 is 2.63 bits per heavy atom. The van der Waals surface area contributed by atoms with Crippen molar-refractivity contribution in [2.24, 2.45) is 0 Å². The van der Waals surface area contributed by atoms with E-state index in [0.29, 0.717) is 25.3 Å². The van der Waals surface area contributed by atoms with Gasteiger partial charge >= 0.3 is 0 Å². The Morgan fingerprint density at radius 2 is 1.89 bits per heavy atom. The summed E-state index contributed by atoms with van der Waals surface area (Å²) in [5.74, 6) is 0. The third kappa shape index (κ3) is 3.67. The van der Waals surface area contributed by atoms with Crippen molar-refractivity contribution in [1.82, 2.24) is 23.4 Å². The zero-order valence-electron chi connectivity index (χ0n) is 15.1. The second-order valence-corrected chi connectivity index (χ2v) is 8.88. The van der Waals surface area contributed by atoms with Gasteiger partial charge in [-0.15, -0.1) is 0 Å². The van der Waals surface area contributed by atoms with E-state index in [2.05, 4.69) is 10.1 Å². The third-order valence-electron chi connectivity index (χ3n) is 5.22. The van der Waals surface area contributed by atoms with Gasteiger partial charge in [-0.3, -0.25) is 9.78 Å². The lowest BCUT2D eigenvalue weighted by Gasteiger charge is -2.28. The van der Waals surface area contributed by atoms with Crippen LogP contribution in [0.25, 0.3) is 11.3 Å². The highest BCUT2D eigenvalue weighted by Crippen LogP contribution is 2.26. The van der Waals surface area contributed by atoms with Gasteiger partial charge in [-0.05, 0) is 43.9 Å². The number of hydrogen-bond acceptors (Lipinski definition) is 5. The zero-order chi connectivity index (χ0) is 18.9. The van der Waals surface area contributed by atoms with Crippen molar-refractivity contribution in [3.05, 3.63) is 47.0 Å². The topological polar surface area (TPSA) is 88.4 Å². The van der Waals surface area contributed by atoms with Crippen LogP contribution in [0.3, 0.4) is 0 Å². The van der Waals surface area contributed by atoms with Crippen molar-refractivity contribution >= 4 is 10.2 Å². The van der Waals surface area contributed by atoms with Crippen molar-refractivity contribution < 1.29 is 8.42 Å². The van der Waals surface area contributed by atoms with Crippen molar-refractivity contribution in [2.75, 3.05) is 19.6 Å². The molecule has 27 heavy (non-hydrogen) atoms. The number of aromatic nitrogens is 3. The standard InChI is InChI=1S/C18H23N5O3S/c24-18-8-7-17(15-5-3-9-19-13-15)20-22(18)14-16-6-4-12-23(16)27(25,26)21-10-1-2-11-21/h3,5,7-9,13,16H,1-2,4,6,10-12,14H2. The molecule has 2 fully saturated rings. The minimum absolute atomic E-state index is 0.229. The van der Waals surface area contributed by atoms with Crippen molar-refractivity contribution in [3.63, 3.8) is 0 Å². The summed E-state index contributed by atoms with van der Waals surface area (Å²) >= 11 is 0. The Labute approximate surface area is 158 Å². The Balaban J connectivity index is 1.59. The van der Waals surface area contributed by atoms with Gasteiger partial charge in [0, 0.05) is 49.7 Å². The first-order chi connectivity index (χ1) is 13.1. The van der Waals surface area contributed by atoms with E-state index < -0.39 is 10.2 Å². The molecule has 8 nitrogen and oxygen atoms in total. The van der Waals surface area contributed by atoms with E-state index in [-0.39, 0.29) is 18.1 Å². The summed E-state index contributed by atoms with van der Waals surface area (Å²) in [6, 6.07) is 6.59. The monoisotopic (exact) mass is 389 g/mol. The summed E-state index contributed by atoms with van der Waals surface area (Å²) in [7, 11) is -3.47. The summed E-state index contributed by atoms with van der Waals surface area (Å²) in [6.07, 6.45) is 6.72. The van der Waals surface area contributed by atoms with E-state index in [0.717, 1.165) is 31.2 Å². The highest BCUT2D eigenvalue weighted by atomic mass is 32.2. The smallest absolute Gasteiger partial charge is 0.268 e. The minimum atomic E-state index is -3.47. The van der Waals surface area contributed by atoms with E-state index >= 15 is 0 Å². The molecule has 0 aromatic carbocycles. The van der Waals surface area contributed by atoms with Crippen LogP contribution in [0.15, 0.2) is 41.5 Å². The molecular weight excluding hydrogens is 366 g/mol. The Bertz CT molecular complexity index is 954. The molecule has 144 valence electrons. The number of hydrogen-bond donors (Lipinski definition) is 0. The van der Waals surface area contributed by atoms with Crippen molar-refractivity contribution in [3.8, 4) is 11.3 Å². The van der Waals surface area contributed by atoms with E-state index in [4.69, 9.17) is 0 Å². The van der Waals surface area contributed by atoms with Gasteiger partial charge in [0.1, 0.15) is 0 Å². The van der Waals surface area contributed by atoms with Crippen LogP contribution in [0, 0.1) is 0 Å². The lowest BCUT2D eigenvalue weighted by molar-refractivity contribution is 0.309. The Morgan fingerprint density at radius 1 is 1.07 bits per heavy atom. The fraction of sp³-hybridized carbons (Fsp3) is 0.500. The lowest BCUT2D eigenvalue weighted by atomic mass is 10.2. The van der Waals surface area contributed by atoms with Gasteiger partial charge < -0.3 is 0 Å². The molecule has 0 spiro atoms. The molecule has 4 heterocycles. The van der Waals surface area contributed by atoms with Crippen LogP contribution in [0.5, 0.6) is 0 Å². The molecule has 4 rings (SSSR count). The molecule has 0 N–H and O–H groups in total. The highest BCUT2D eigenvalue weighted by Gasteiger charge is 2.39. The average Bonchev–Trinajstić information content (AvgIpc) is 3.36. The lowest BCUT2D eigenvalue weighted by Crippen LogP contribution is -2.47. The molecule has 1 atom stereocenters. The van der Waals surface area contributed by atoms with Gasteiger partial charge in [0.2, 0.25) is 0 Å². The summed E-state index contributed by atoms with van der Waals surface area (Å²) in [6.45, 7) is 1.93. The fourth-order valence-electron chi connectivity index (χ4n) is 3.81. The second-order valence-electron chi connectivity index (χ2n) is 7.00. The van der Waals surface area contributed by atoms with Gasteiger partial charge in [0.05, 0.1) is 12.2 Å². The van der Waals surface area contributed by atoms with E-state index in [9.17, 15) is 13.2 Å². The van der Waals surface area contributed by atoms with Crippen LogP contribution in [0.4, 0.5) is 0 Å². The minimum Gasteiger partial charge on any atom is -0.268 e. The second kappa shape index (κ2) is 7.49. The molecule has 9 heteroatoms. The molecule has 2 aliphatic rings. The van der Waals surface area contributed by atoms with Crippen LogP contribution < -0.4 is 5.56 Å². The molecule has 0 saturated carbocycles. The molecule has 2 aromatic heterocycles. The molecule has 1 unspecified atom stereocenters. The highest BCUT2D eigenvalue weighted by molar-refractivity contribution is 7.86. The number of rotatable bonds is 5. The summed E-state index contributed by atoms with van der Waals surface area (Å²) in [5, 5.41) is 4.45. The Kier molecular flexibility index (Phi) is 5.07. The first-order valence-electron chi connectivity index (χ1n) is 9.31. The average molecular weight is 389 g/mol. The molecule has 0 bridgehead atoms. The number of pyridine rings is 1. The normalized spacial score (nSPS) is 21.7. The summed E-state index contributed by atoms with van der Waals surface area (Å²) < 4.78 is 30.4. The van der Waals surface area contributed by atoms with Crippen LogP contribution in [0.1, 0.15) is 25.7 Å². The molecule has 2 aromatic rings. The number of nitrogens with zero attached hydrogens (tertiary/aromatic N) is 5. The quantitative estimate of drug-likeness (QED) is 0.764. The van der Waals surface area contributed by atoms with Crippen LogP contribution in [0.2, 0.25) is 0 Å². The van der Waals surface area contributed by atoms with Gasteiger partial charge in [-0.1, -0.05) is 0 Å². The summed E-state index contributed by atoms with van der Waals surface area (Å²) in [4.78, 5) is 16.4. The van der Waals surface area contributed by atoms with Gasteiger partial charge in [-0.25, -0.2) is 4.68 Å². The first-order valence-corrected chi connectivity index (χ1v) is 10.7. The SMILES string of the molecule is O=c1ccc(-c2cccnc2)nn1CC1CCCN1S(=O)(=O)N1CCCC1. The van der Waals surface area contributed by atoms with Crippen molar-refractivity contribution in [1.29, 1.82) is 0 Å². The zero-order valence-corrected chi connectivity index (χ0v) is 15.9. The van der Waals surface area contributed by atoms with Crippen molar-refractivity contribution in [2.45, 2.75) is 38.3 Å². The van der Waals surface area contributed by atoms with E-state index in [1.807, 2.05) is 12.1 Å². The third-order valence-corrected chi connectivity index (χ3v) is 7.31. The van der Waals surface area contributed by atoms with Gasteiger partial charge in [0.25, 0.3) is 15.8 Å². The molecule has 0 aliphatic carbocycles. The maximum absolute atomic E-state index is 12.9. The van der Waals surface area contributed by atoms with E-state index in [1.54, 1.807) is 27.1 Å². The van der Waals surface area contributed by atoms with Crippen LogP contribution >= 0.6 is 0 Å². The molecule has 0 amide bonds. The molecule has 0 radical (unpaired) electrons. The predicted molar refractivity (Wildman–Crippen MR) is 101 cm³/mol. The Hall–Kier alpha value is -2.10. The van der Waals surface area contributed by atoms with Crippen LogP contribution in [-0.4, -0.2) is 57.5 Å². The maximum Gasteiger partial charge on any atom is 0.282 e. The predicted octanol–water partition coefficient (Wildman–Crippen LogP) is 1.11. The molecule has 2 saturated heterocycles. The van der Waals surface area contributed by atoms with Gasteiger partial charge in [0.15, 0.2) is 0 Å². The fourth-order valence-corrected chi connectivity index (χ4v) is 5.74. The first kappa shape index (κ1) is 18.3.